The number of nitrogens with one attached hydrogen (secondary N) is 5. The molecule has 0 bridgehead atoms. The Balaban J connectivity index is 0.000000457. The molecule has 2 fully saturated rings. The van der Waals surface area contributed by atoms with Gasteiger partial charge in [-0.05, 0) is 31.2 Å². The Bertz CT molecular complexity index is 3820. The zero-order valence-corrected chi connectivity index (χ0v) is 63.5. The smallest absolute Gasteiger partial charge is 0.377 e. The van der Waals surface area contributed by atoms with Gasteiger partial charge in [-0.2, -0.15) is 0 Å². The molecular formula is C62H72F16N10O16Si2Y. The van der Waals surface area contributed by atoms with Gasteiger partial charge < -0.3 is 62.8 Å². The largest absolute Gasteiger partial charge is 0.501 e. The molecule has 26 nitrogen and oxygen atoms in total. The van der Waals surface area contributed by atoms with E-state index in [1.165, 1.54) is 42.7 Å². The molecule has 107 heavy (non-hydrogen) atoms. The molecule has 3 atom stereocenters. The third-order valence-electron chi connectivity index (χ3n) is 15.9. The number of amides is 6. The number of hydrogen-bond acceptors (Lipinski definition) is 20. The maximum atomic E-state index is 15.4. The topological polar surface area (TPSA) is 326 Å². The molecule has 1 radical (unpaired) electrons. The van der Waals surface area contributed by atoms with E-state index >= 15 is 35.1 Å². The molecule has 6 amide bonds. The van der Waals surface area contributed by atoms with E-state index in [-0.39, 0.29) is 125 Å². The number of unbranched alkanes of at least 4 members (excludes halogenated alkanes) is 1. The van der Waals surface area contributed by atoms with Gasteiger partial charge >= 0.3 is 29.5 Å². The SMILES string of the molecule is CCCC(Nc1c(F)c(F)c(C(=O)NCC[Si](OC)(OC)OC)c(F)c1F)C(CCC)Nc1c(F)c(F)c(C(=O)ON2C(=O)CCC2=O)c(F)c1F.CCCCC(CCC)Nc1c(F)c(F)c(C(=O)NCC[Si](OC)(OC)OC)c(F)c1F.[N-]=[N+]=Nc1c(F)c(F)c(C(=O)ON2C(=O)CCC2=O)c(F)c1F.[Y]. The Hall–Kier alpha value is -8.07. The molecule has 0 spiro atoms. The van der Waals surface area contributed by atoms with Crippen molar-refractivity contribution in [3.8, 4) is 0 Å². The van der Waals surface area contributed by atoms with Crippen LogP contribution in [0.15, 0.2) is 5.11 Å². The number of anilines is 3. The van der Waals surface area contributed by atoms with Crippen molar-refractivity contribution in [1.29, 1.82) is 0 Å². The number of imide groups is 2. The first-order valence-electron chi connectivity index (χ1n) is 31.9. The van der Waals surface area contributed by atoms with Gasteiger partial charge in [0.1, 0.15) is 45.0 Å². The van der Waals surface area contributed by atoms with E-state index in [9.17, 15) is 73.5 Å². The number of benzene rings is 4. The van der Waals surface area contributed by atoms with E-state index in [0.29, 0.717) is 12.8 Å². The van der Waals surface area contributed by atoms with Crippen LogP contribution in [0.1, 0.15) is 153 Å². The van der Waals surface area contributed by atoms with Crippen molar-refractivity contribution in [2.24, 2.45) is 5.11 Å². The minimum Gasteiger partial charge on any atom is -0.377 e. The average Bonchev–Trinajstić information content (AvgIpc) is 0.918. The van der Waals surface area contributed by atoms with Crippen LogP contribution in [0.5, 0.6) is 0 Å². The Kier molecular flexibility index (Phi) is 37.1. The summed E-state index contributed by atoms with van der Waals surface area (Å²) >= 11 is 0. The zero-order chi connectivity index (χ0) is 80.0. The van der Waals surface area contributed by atoms with Gasteiger partial charge in [-0.1, -0.05) is 64.9 Å². The first-order valence-corrected chi connectivity index (χ1v) is 35.7. The van der Waals surface area contributed by atoms with Gasteiger partial charge in [-0.3, -0.25) is 28.8 Å². The Morgan fingerprint density at radius 2 is 0.701 bits per heavy atom. The summed E-state index contributed by atoms with van der Waals surface area (Å²) in [6.45, 7) is 6.53. The van der Waals surface area contributed by atoms with Crippen molar-refractivity contribution < 1.29 is 178 Å². The van der Waals surface area contributed by atoms with Crippen LogP contribution in [0.25, 0.3) is 10.4 Å². The van der Waals surface area contributed by atoms with Crippen LogP contribution in [0.2, 0.25) is 12.1 Å². The number of rotatable bonds is 35. The number of carbonyl (C=O) groups excluding carboxylic acids is 8. The predicted octanol–water partition coefficient (Wildman–Crippen LogP) is 12.5. The molecule has 0 aliphatic carbocycles. The molecule has 5 N–H and O–H groups in total. The fourth-order valence-corrected chi connectivity index (χ4v) is 13.4. The summed E-state index contributed by atoms with van der Waals surface area (Å²) in [5.74, 6) is -43.4. The molecule has 2 aliphatic rings. The minimum absolute atomic E-state index is 0. The van der Waals surface area contributed by atoms with E-state index in [1.807, 2.05) is 18.8 Å². The number of halogens is 16. The van der Waals surface area contributed by atoms with Gasteiger partial charge in [0.25, 0.3) is 35.4 Å². The van der Waals surface area contributed by atoms with Gasteiger partial charge in [-0.25, -0.2) is 79.8 Å². The van der Waals surface area contributed by atoms with Crippen LogP contribution < -0.4 is 26.6 Å². The van der Waals surface area contributed by atoms with Gasteiger partial charge in [0, 0.05) is 149 Å². The number of hydroxylamine groups is 4. The molecular weight excluding hydrogens is 1590 g/mol. The van der Waals surface area contributed by atoms with Gasteiger partial charge in [0.15, 0.2) is 93.1 Å². The average molecular weight is 1660 g/mol. The standard InChI is InChI=1S/C31H36F8N4O8Si.C20H32F4N2O4Si.C11H4F4N4O4.Y/c1-6-8-14(41-28-24(36)20(32)18(21(33)25(28)37)30(46)40-12-13-52(48-3,49-4)50-5)15(9-7-2)42-29-26(38)22(34)19(23(35)27(29)39)31(47)51-43-16(44)10-11-17(43)45;1-6-8-10-13(9-7-2)26-19-17(23)15(21)14(16(22)18(19)24)20(27)25-11-12-31(28-3,29-4)30-5;12-6-5(7(13)9(15)10(8(6)14)17-18-16)11(22)23-19-3(20)1-2-4(19)21;/h14-15,41-42H,6-13H2,1-5H3,(H,40,46);13,26H,6-12H2,1-5H3,(H,25,27);1-2H2;. The maximum Gasteiger partial charge on any atom is 0.501 e. The van der Waals surface area contributed by atoms with E-state index in [1.54, 1.807) is 13.8 Å². The second-order valence-electron chi connectivity index (χ2n) is 22.6. The van der Waals surface area contributed by atoms with Crippen LogP contribution in [-0.4, -0.2) is 149 Å². The maximum absolute atomic E-state index is 15.4. The first kappa shape index (κ1) is 93.1. The summed E-state index contributed by atoms with van der Waals surface area (Å²) < 4.78 is 266. The molecule has 2 aliphatic heterocycles. The third-order valence-corrected chi connectivity index (χ3v) is 21.4. The second kappa shape index (κ2) is 42.6. The van der Waals surface area contributed by atoms with Crippen LogP contribution in [0.3, 0.4) is 0 Å². The van der Waals surface area contributed by atoms with Crippen molar-refractivity contribution in [1.82, 2.24) is 20.8 Å². The van der Waals surface area contributed by atoms with E-state index < -0.39 is 215 Å². The quantitative estimate of drug-likeness (QED) is 0.00543. The molecule has 2 saturated heterocycles. The summed E-state index contributed by atoms with van der Waals surface area (Å²) in [5.41, 5.74) is -3.92. The van der Waals surface area contributed by atoms with Crippen LogP contribution >= 0.6 is 0 Å². The summed E-state index contributed by atoms with van der Waals surface area (Å²) in [7, 11) is 1.62. The molecule has 4 aromatic carbocycles. The van der Waals surface area contributed by atoms with Crippen molar-refractivity contribution >= 4 is 87.7 Å². The minimum atomic E-state index is -3.25. The van der Waals surface area contributed by atoms with Crippen LogP contribution in [0.4, 0.5) is 93.0 Å². The molecule has 45 heteroatoms. The van der Waals surface area contributed by atoms with Crippen molar-refractivity contribution in [2.45, 2.75) is 141 Å². The van der Waals surface area contributed by atoms with Crippen molar-refractivity contribution in [3.05, 3.63) is 126 Å². The normalized spacial score (nSPS) is 13.7. The molecule has 589 valence electrons. The van der Waals surface area contributed by atoms with Crippen LogP contribution in [0, 0.1) is 93.1 Å². The summed E-state index contributed by atoms with van der Waals surface area (Å²) in [4.78, 5) is 105. The summed E-state index contributed by atoms with van der Waals surface area (Å²) in [5, 5.41) is 13.7. The second-order valence-corrected chi connectivity index (χ2v) is 28.7. The molecule has 3 unspecified atom stereocenters. The third kappa shape index (κ3) is 22.1. The predicted molar refractivity (Wildman–Crippen MR) is 341 cm³/mol. The Morgan fingerprint density at radius 1 is 0.421 bits per heavy atom. The van der Waals surface area contributed by atoms with E-state index in [4.69, 9.17) is 32.1 Å². The first-order chi connectivity index (χ1) is 50.0. The summed E-state index contributed by atoms with van der Waals surface area (Å²) in [6, 6.07) is -3.04. The Morgan fingerprint density at radius 3 is 0.972 bits per heavy atom. The summed E-state index contributed by atoms with van der Waals surface area (Å²) in [6.07, 6.45) is 2.35. The fourth-order valence-electron chi connectivity index (χ4n) is 10.3. The molecule has 4 aromatic rings. The molecule has 0 aromatic heterocycles. The zero-order valence-electron chi connectivity index (χ0n) is 58.6. The van der Waals surface area contributed by atoms with Crippen molar-refractivity contribution in [3.63, 3.8) is 0 Å². The Labute approximate surface area is 627 Å². The van der Waals surface area contributed by atoms with Gasteiger partial charge in [0.2, 0.25) is 0 Å². The van der Waals surface area contributed by atoms with E-state index in [0.717, 1.165) is 19.3 Å². The molecule has 6 rings (SSSR count). The number of hydrogen-bond donors (Lipinski definition) is 5. The van der Waals surface area contributed by atoms with E-state index in [2.05, 4.69) is 41.4 Å². The van der Waals surface area contributed by atoms with Gasteiger partial charge in [-0.15, -0.1) is 10.1 Å². The van der Waals surface area contributed by atoms with Crippen molar-refractivity contribution in [2.75, 3.05) is 71.7 Å². The van der Waals surface area contributed by atoms with Crippen LogP contribution in [-0.2, 0) is 88.1 Å². The number of nitrogens with zero attached hydrogens (tertiary/aromatic N) is 5. The number of carbonyl (C=O) groups is 8. The fraction of sp³-hybridized carbons (Fsp3) is 0.484. The molecule has 2 heterocycles. The molecule has 0 saturated carbocycles. The van der Waals surface area contributed by atoms with Gasteiger partial charge in [0.05, 0.1) is 0 Å². The monoisotopic (exact) mass is 1660 g/mol. The number of azide groups is 1.